The summed E-state index contributed by atoms with van der Waals surface area (Å²) in [6.45, 7) is 6.83. The lowest BCUT2D eigenvalue weighted by atomic mass is 9.76. The molecule has 0 aromatic carbocycles. The van der Waals surface area contributed by atoms with Crippen molar-refractivity contribution in [3.63, 3.8) is 0 Å². The highest BCUT2D eigenvalue weighted by atomic mass is 16.3. The Morgan fingerprint density at radius 3 is 2.88 bits per heavy atom. The molecule has 0 aliphatic carbocycles. The molecule has 0 radical (unpaired) electrons. The summed E-state index contributed by atoms with van der Waals surface area (Å²) in [6, 6.07) is 4.00. The van der Waals surface area contributed by atoms with Crippen LogP contribution in [0.5, 0.6) is 0 Å². The van der Waals surface area contributed by atoms with Crippen molar-refractivity contribution < 1.29 is 4.42 Å². The molecule has 2 rings (SSSR count). The molecular formula is C14H24N2O. The lowest BCUT2D eigenvalue weighted by Gasteiger charge is -2.37. The predicted octanol–water partition coefficient (Wildman–Crippen LogP) is 2.19. The van der Waals surface area contributed by atoms with Gasteiger partial charge in [-0.2, -0.15) is 0 Å². The van der Waals surface area contributed by atoms with Crippen LogP contribution in [0.2, 0.25) is 0 Å². The minimum absolute atomic E-state index is 0.522. The van der Waals surface area contributed by atoms with Crippen molar-refractivity contribution in [2.45, 2.75) is 32.6 Å². The van der Waals surface area contributed by atoms with E-state index in [4.69, 9.17) is 4.42 Å². The Bertz CT molecular complexity index is 302. The summed E-state index contributed by atoms with van der Waals surface area (Å²) in [5.74, 6) is 1.08. The average Bonchev–Trinajstić information content (AvgIpc) is 2.89. The number of rotatable bonds is 6. The van der Waals surface area contributed by atoms with Gasteiger partial charge >= 0.3 is 0 Å². The van der Waals surface area contributed by atoms with Gasteiger partial charge in [-0.3, -0.25) is 0 Å². The van der Waals surface area contributed by atoms with E-state index in [-0.39, 0.29) is 0 Å². The third kappa shape index (κ3) is 3.58. The number of furan rings is 1. The van der Waals surface area contributed by atoms with Gasteiger partial charge in [0, 0.05) is 19.5 Å². The van der Waals surface area contributed by atoms with Crippen LogP contribution in [0.4, 0.5) is 0 Å². The second-order valence-corrected chi connectivity index (χ2v) is 5.11. The van der Waals surface area contributed by atoms with Gasteiger partial charge in [-0.15, -0.1) is 0 Å². The fourth-order valence-electron chi connectivity index (χ4n) is 2.63. The smallest absolute Gasteiger partial charge is 0.105 e. The maximum absolute atomic E-state index is 5.33. The van der Waals surface area contributed by atoms with E-state index in [1.54, 1.807) is 6.26 Å². The summed E-state index contributed by atoms with van der Waals surface area (Å²) >= 11 is 0. The molecule has 1 aliphatic heterocycles. The third-order valence-corrected chi connectivity index (χ3v) is 4.04. The quantitative estimate of drug-likeness (QED) is 0.743. The summed E-state index contributed by atoms with van der Waals surface area (Å²) in [7, 11) is 0. The van der Waals surface area contributed by atoms with E-state index >= 15 is 0 Å². The van der Waals surface area contributed by atoms with E-state index in [9.17, 15) is 0 Å². The topological polar surface area (TPSA) is 37.2 Å². The molecule has 0 unspecified atom stereocenters. The zero-order valence-electron chi connectivity index (χ0n) is 10.8. The Balaban J connectivity index is 1.69. The zero-order chi connectivity index (χ0) is 12.0. The van der Waals surface area contributed by atoms with E-state index in [1.807, 2.05) is 12.1 Å². The largest absolute Gasteiger partial charge is 0.469 e. The molecular weight excluding hydrogens is 212 g/mol. The van der Waals surface area contributed by atoms with Gasteiger partial charge in [0.1, 0.15) is 5.76 Å². The van der Waals surface area contributed by atoms with Crippen molar-refractivity contribution >= 4 is 0 Å². The molecule has 1 aromatic heterocycles. The van der Waals surface area contributed by atoms with Gasteiger partial charge in [0.2, 0.25) is 0 Å². The maximum atomic E-state index is 5.33. The van der Waals surface area contributed by atoms with Crippen molar-refractivity contribution in [2.24, 2.45) is 5.41 Å². The molecule has 3 heteroatoms. The molecule has 1 fully saturated rings. The van der Waals surface area contributed by atoms with Crippen molar-refractivity contribution in [3.8, 4) is 0 Å². The van der Waals surface area contributed by atoms with E-state index < -0.39 is 0 Å². The molecule has 0 saturated carbocycles. The fraction of sp³-hybridized carbons (Fsp3) is 0.714. The third-order valence-electron chi connectivity index (χ3n) is 4.04. The van der Waals surface area contributed by atoms with E-state index in [0.717, 1.165) is 25.3 Å². The van der Waals surface area contributed by atoms with E-state index in [0.29, 0.717) is 5.41 Å². The molecule has 2 N–H and O–H groups in total. The lowest BCUT2D eigenvalue weighted by molar-refractivity contribution is 0.186. The summed E-state index contributed by atoms with van der Waals surface area (Å²) in [5, 5.41) is 7.04. The highest BCUT2D eigenvalue weighted by Crippen LogP contribution is 2.31. The van der Waals surface area contributed by atoms with Gasteiger partial charge in [0.05, 0.1) is 6.26 Å². The number of hydrogen-bond donors (Lipinski definition) is 2. The first-order chi connectivity index (χ1) is 8.35. The van der Waals surface area contributed by atoms with Crippen LogP contribution in [-0.4, -0.2) is 26.2 Å². The highest BCUT2D eigenvalue weighted by molar-refractivity contribution is 4.98. The fourth-order valence-corrected chi connectivity index (χ4v) is 2.63. The van der Waals surface area contributed by atoms with E-state index in [2.05, 4.69) is 17.6 Å². The van der Waals surface area contributed by atoms with Crippen molar-refractivity contribution in [1.29, 1.82) is 0 Å². The molecule has 0 bridgehead atoms. The molecule has 3 nitrogen and oxygen atoms in total. The van der Waals surface area contributed by atoms with Crippen LogP contribution in [0.3, 0.4) is 0 Å². The summed E-state index contributed by atoms with van der Waals surface area (Å²) in [6.07, 6.45) is 6.62. The van der Waals surface area contributed by atoms with Crippen LogP contribution < -0.4 is 10.6 Å². The summed E-state index contributed by atoms with van der Waals surface area (Å²) in [4.78, 5) is 0. The Labute approximate surface area is 104 Å². The second kappa shape index (κ2) is 6.22. The Kier molecular flexibility index (Phi) is 4.63. The highest BCUT2D eigenvalue weighted by Gasteiger charge is 2.29. The molecule has 17 heavy (non-hydrogen) atoms. The van der Waals surface area contributed by atoms with Gasteiger partial charge in [-0.1, -0.05) is 6.92 Å². The molecule has 0 amide bonds. The zero-order valence-corrected chi connectivity index (χ0v) is 10.8. The van der Waals surface area contributed by atoms with Gasteiger partial charge in [-0.05, 0) is 49.9 Å². The predicted molar refractivity (Wildman–Crippen MR) is 70.1 cm³/mol. The lowest BCUT2D eigenvalue weighted by Crippen LogP contribution is -2.43. The van der Waals surface area contributed by atoms with Crippen LogP contribution >= 0.6 is 0 Å². The first-order valence-corrected chi connectivity index (χ1v) is 6.78. The number of nitrogens with one attached hydrogen (secondary N) is 2. The number of hydrogen-bond acceptors (Lipinski definition) is 3. The molecule has 2 heterocycles. The Hall–Kier alpha value is -0.800. The summed E-state index contributed by atoms with van der Waals surface area (Å²) in [5.41, 5.74) is 0.522. The van der Waals surface area contributed by atoms with Crippen LogP contribution in [0.25, 0.3) is 0 Å². The van der Waals surface area contributed by atoms with Crippen molar-refractivity contribution in [1.82, 2.24) is 10.6 Å². The van der Waals surface area contributed by atoms with Crippen molar-refractivity contribution in [2.75, 3.05) is 26.2 Å². The molecule has 96 valence electrons. The van der Waals surface area contributed by atoms with Crippen LogP contribution in [-0.2, 0) is 6.42 Å². The average molecular weight is 236 g/mol. The van der Waals surface area contributed by atoms with Gasteiger partial charge in [-0.25, -0.2) is 0 Å². The van der Waals surface area contributed by atoms with Crippen LogP contribution in [0.1, 0.15) is 31.9 Å². The van der Waals surface area contributed by atoms with Gasteiger partial charge < -0.3 is 15.1 Å². The van der Waals surface area contributed by atoms with E-state index in [1.165, 1.54) is 32.4 Å². The molecule has 1 aliphatic rings. The molecule has 0 atom stereocenters. The Morgan fingerprint density at radius 2 is 2.24 bits per heavy atom. The molecule has 0 spiro atoms. The second-order valence-electron chi connectivity index (χ2n) is 5.11. The minimum Gasteiger partial charge on any atom is -0.469 e. The first-order valence-electron chi connectivity index (χ1n) is 6.78. The SMILES string of the molecule is CCC1(CNCCc2ccco2)CCNCC1. The Morgan fingerprint density at radius 1 is 1.41 bits per heavy atom. The van der Waals surface area contributed by atoms with Crippen molar-refractivity contribution in [3.05, 3.63) is 24.2 Å². The van der Waals surface area contributed by atoms with Gasteiger partial charge in [0.15, 0.2) is 0 Å². The maximum Gasteiger partial charge on any atom is 0.105 e. The first kappa shape index (κ1) is 12.7. The standard InChI is InChI=1S/C14H24N2O/c1-2-14(6-9-15-10-7-14)12-16-8-5-13-4-3-11-17-13/h3-4,11,15-16H,2,5-10,12H2,1H3. The van der Waals surface area contributed by atoms with Crippen LogP contribution in [0.15, 0.2) is 22.8 Å². The molecule has 1 saturated heterocycles. The summed E-state index contributed by atoms with van der Waals surface area (Å²) < 4.78 is 5.33. The van der Waals surface area contributed by atoms with Gasteiger partial charge in [0.25, 0.3) is 0 Å². The molecule has 1 aromatic rings. The van der Waals surface area contributed by atoms with Crippen LogP contribution in [0, 0.1) is 5.41 Å². The minimum atomic E-state index is 0.522. The number of piperidine rings is 1. The monoisotopic (exact) mass is 236 g/mol. The normalized spacial score (nSPS) is 19.4.